The summed E-state index contributed by atoms with van der Waals surface area (Å²) in [5.41, 5.74) is 2.79. The molecular formula is C15H23ClSi. The van der Waals surface area contributed by atoms with E-state index in [9.17, 15) is 0 Å². The summed E-state index contributed by atoms with van der Waals surface area (Å²) in [6, 6.07) is 10.7. The van der Waals surface area contributed by atoms with E-state index in [2.05, 4.69) is 63.8 Å². The summed E-state index contributed by atoms with van der Waals surface area (Å²) >= 11 is 6.22. The molecule has 0 amide bonds. The summed E-state index contributed by atoms with van der Waals surface area (Å²) in [5, 5.41) is 1.49. The Morgan fingerprint density at radius 2 is 1.65 bits per heavy atom. The fraction of sp³-hybridized carbons (Fsp3) is 0.467. The molecule has 1 rings (SSSR count). The quantitative estimate of drug-likeness (QED) is 0.518. The molecule has 0 spiro atoms. The van der Waals surface area contributed by atoms with Gasteiger partial charge in [0.15, 0.2) is 0 Å². The third kappa shape index (κ3) is 3.72. The highest BCUT2D eigenvalue weighted by molar-refractivity contribution is 6.84. The second kappa shape index (κ2) is 5.88. The third-order valence-electron chi connectivity index (χ3n) is 3.03. The minimum atomic E-state index is -1.35. The molecule has 0 aliphatic heterocycles. The van der Waals surface area contributed by atoms with Crippen molar-refractivity contribution in [1.82, 2.24) is 0 Å². The minimum Gasteiger partial charge on any atom is -0.122 e. The Bertz CT molecular complexity index is 385. The largest absolute Gasteiger partial charge is 0.122 e. The van der Waals surface area contributed by atoms with E-state index < -0.39 is 8.07 Å². The van der Waals surface area contributed by atoms with Gasteiger partial charge in [0.1, 0.15) is 0 Å². The summed E-state index contributed by atoms with van der Waals surface area (Å²) in [7, 11) is -1.35. The molecule has 0 saturated heterocycles. The highest BCUT2D eigenvalue weighted by Gasteiger charge is 2.24. The average molecular weight is 267 g/mol. The standard InChI is InChI=1S/C15H23ClSi/c1-12(2)15(13-9-7-6-8-10-13)14(11-16)17(3,4)5/h6-10,12H,11H2,1-5H3/b15-14+. The Morgan fingerprint density at radius 3 is 2.00 bits per heavy atom. The van der Waals surface area contributed by atoms with E-state index in [0.29, 0.717) is 11.8 Å². The van der Waals surface area contributed by atoms with Gasteiger partial charge in [-0.05, 0) is 17.1 Å². The molecule has 1 aromatic carbocycles. The number of halogens is 1. The van der Waals surface area contributed by atoms with Gasteiger partial charge in [0.25, 0.3) is 0 Å². The molecule has 0 aliphatic carbocycles. The van der Waals surface area contributed by atoms with Crippen LogP contribution >= 0.6 is 11.6 Å². The van der Waals surface area contributed by atoms with E-state index in [1.54, 1.807) is 0 Å². The first-order chi connectivity index (χ1) is 7.88. The smallest absolute Gasteiger partial charge is 0.0744 e. The van der Waals surface area contributed by atoms with Gasteiger partial charge in [-0.3, -0.25) is 0 Å². The Hall–Kier alpha value is -0.533. The zero-order chi connectivity index (χ0) is 13.1. The molecule has 0 bridgehead atoms. The maximum absolute atomic E-state index is 6.22. The van der Waals surface area contributed by atoms with Crippen molar-refractivity contribution < 1.29 is 0 Å². The second-order valence-electron chi connectivity index (χ2n) is 5.80. The van der Waals surface area contributed by atoms with Gasteiger partial charge in [0.05, 0.1) is 8.07 Å². The van der Waals surface area contributed by atoms with Crippen LogP contribution in [0.15, 0.2) is 35.5 Å². The molecule has 0 aromatic heterocycles. The Morgan fingerprint density at radius 1 is 1.12 bits per heavy atom. The molecule has 0 fully saturated rings. The van der Waals surface area contributed by atoms with E-state index in [1.807, 2.05) is 0 Å². The fourth-order valence-corrected chi connectivity index (χ4v) is 5.14. The maximum atomic E-state index is 6.22. The number of hydrogen-bond acceptors (Lipinski definition) is 0. The van der Waals surface area contributed by atoms with Gasteiger partial charge >= 0.3 is 0 Å². The van der Waals surface area contributed by atoms with Crippen LogP contribution < -0.4 is 0 Å². The van der Waals surface area contributed by atoms with Crippen LogP contribution in [0.25, 0.3) is 5.57 Å². The van der Waals surface area contributed by atoms with Gasteiger partial charge in [0, 0.05) is 5.88 Å². The predicted octanol–water partition coefficient (Wildman–Crippen LogP) is 5.21. The molecule has 2 heteroatoms. The molecule has 17 heavy (non-hydrogen) atoms. The average Bonchev–Trinajstić information content (AvgIpc) is 2.24. The number of alkyl halides is 1. The van der Waals surface area contributed by atoms with Gasteiger partial charge in [0.2, 0.25) is 0 Å². The second-order valence-corrected chi connectivity index (χ2v) is 11.2. The molecule has 0 atom stereocenters. The maximum Gasteiger partial charge on any atom is 0.0744 e. The summed E-state index contributed by atoms with van der Waals surface area (Å²) in [5.74, 6) is 1.19. The molecule has 0 unspecified atom stereocenters. The van der Waals surface area contributed by atoms with E-state index >= 15 is 0 Å². The molecule has 0 saturated carbocycles. The number of benzene rings is 1. The van der Waals surface area contributed by atoms with Crippen molar-refractivity contribution in [3.8, 4) is 0 Å². The van der Waals surface area contributed by atoms with Crippen molar-refractivity contribution in [2.24, 2.45) is 5.92 Å². The first-order valence-electron chi connectivity index (χ1n) is 6.22. The molecule has 94 valence electrons. The number of hydrogen-bond donors (Lipinski definition) is 0. The van der Waals surface area contributed by atoms with Crippen molar-refractivity contribution >= 4 is 25.2 Å². The van der Waals surface area contributed by atoms with E-state index in [4.69, 9.17) is 11.6 Å². The van der Waals surface area contributed by atoms with E-state index in [0.717, 1.165) is 0 Å². The lowest BCUT2D eigenvalue weighted by Crippen LogP contribution is -2.27. The van der Waals surface area contributed by atoms with Crippen molar-refractivity contribution in [3.63, 3.8) is 0 Å². The molecule has 0 heterocycles. The summed E-state index contributed by atoms with van der Waals surface area (Å²) in [6.45, 7) is 11.6. The van der Waals surface area contributed by atoms with Crippen LogP contribution in [0.3, 0.4) is 0 Å². The van der Waals surface area contributed by atoms with Crippen molar-refractivity contribution in [2.75, 3.05) is 5.88 Å². The molecule has 0 radical (unpaired) electrons. The normalized spacial score (nSPS) is 13.8. The lowest BCUT2D eigenvalue weighted by Gasteiger charge is -2.26. The molecule has 0 nitrogen and oxygen atoms in total. The van der Waals surface area contributed by atoms with Gasteiger partial charge in [-0.2, -0.15) is 0 Å². The Labute approximate surface area is 112 Å². The molecule has 0 aliphatic rings. The predicted molar refractivity (Wildman–Crippen MR) is 82.3 cm³/mol. The van der Waals surface area contributed by atoms with Gasteiger partial charge in [-0.1, -0.05) is 69.0 Å². The van der Waals surface area contributed by atoms with Crippen LogP contribution in [0, 0.1) is 5.92 Å². The number of allylic oxidation sites excluding steroid dienone is 2. The van der Waals surface area contributed by atoms with Gasteiger partial charge in [-0.15, -0.1) is 11.6 Å². The lowest BCUT2D eigenvalue weighted by molar-refractivity contribution is 0.851. The van der Waals surface area contributed by atoms with Crippen LogP contribution in [-0.4, -0.2) is 14.0 Å². The highest BCUT2D eigenvalue weighted by atomic mass is 35.5. The SMILES string of the molecule is CC(C)/C(=C(/CCl)[Si](C)(C)C)c1ccccc1. The monoisotopic (exact) mass is 266 g/mol. The van der Waals surface area contributed by atoms with E-state index in [1.165, 1.54) is 16.3 Å². The topological polar surface area (TPSA) is 0 Å². The summed E-state index contributed by atoms with van der Waals surface area (Å²) in [6.07, 6.45) is 0. The summed E-state index contributed by atoms with van der Waals surface area (Å²) in [4.78, 5) is 0. The van der Waals surface area contributed by atoms with Crippen LogP contribution in [0.2, 0.25) is 19.6 Å². The van der Waals surface area contributed by atoms with Crippen LogP contribution in [0.1, 0.15) is 19.4 Å². The van der Waals surface area contributed by atoms with Crippen molar-refractivity contribution in [2.45, 2.75) is 33.5 Å². The minimum absolute atomic E-state index is 0.526. The fourth-order valence-electron chi connectivity index (χ4n) is 2.15. The van der Waals surface area contributed by atoms with Crippen LogP contribution in [-0.2, 0) is 0 Å². The molecule has 0 N–H and O–H groups in total. The van der Waals surface area contributed by atoms with Gasteiger partial charge in [-0.25, -0.2) is 0 Å². The number of rotatable bonds is 4. The first kappa shape index (κ1) is 14.5. The first-order valence-corrected chi connectivity index (χ1v) is 10.3. The third-order valence-corrected chi connectivity index (χ3v) is 5.77. The molecular weight excluding hydrogens is 244 g/mol. The van der Waals surface area contributed by atoms with Crippen LogP contribution in [0.5, 0.6) is 0 Å². The van der Waals surface area contributed by atoms with Crippen molar-refractivity contribution in [1.29, 1.82) is 0 Å². The van der Waals surface area contributed by atoms with Crippen LogP contribution in [0.4, 0.5) is 0 Å². The van der Waals surface area contributed by atoms with Crippen molar-refractivity contribution in [3.05, 3.63) is 41.1 Å². The molecule has 1 aromatic rings. The zero-order valence-electron chi connectivity index (χ0n) is 11.5. The van der Waals surface area contributed by atoms with Gasteiger partial charge < -0.3 is 0 Å². The lowest BCUT2D eigenvalue weighted by atomic mass is 9.95. The Kier molecular flexibility index (Phi) is 5.02. The highest BCUT2D eigenvalue weighted by Crippen LogP contribution is 2.32. The Balaban J connectivity index is 3.39. The van der Waals surface area contributed by atoms with E-state index in [-0.39, 0.29) is 0 Å². The summed E-state index contributed by atoms with van der Waals surface area (Å²) < 4.78 is 0. The zero-order valence-corrected chi connectivity index (χ0v) is 13.3.